The molecule has 0 bridgehead atoms. The quantitative estimate of drug-likeness (QED) is 0.566. The van der Waals surface area contributed by atoms with Crippen LogP contribution in [0.5, 0.6) is 0 Å². The van der Waals surface area contributed by atoms with E-state index in [-0.39, 0.29) is 12.2 Å². The first kappa shape index (κ1) is 11.0. The molecule has 1 rings (SSSR count). The lowest BCUT2D eigenvalue weighted by Gasteiger charge is -2.06. The van der Waals surface area contributed by atoms with Crippen LogP contribution in [0.15, 0.2) is 18.2 Å². The first-order valence-electron chi connectivity index (χ1n) is 4.28. The molecule has 80 valence electrons. The SMILES string of the molecule is Cc1cc([N+](=O)[O-])ccc1NCC(N)=O. The van der Waals surface area contributed by atoms with Crippen LogP contribution < -0.4 is 11.1 Å². The van der Waals surface area contributed by atoms with E-state index in [1.54, 1.807) is 13.0 Å². The lowest BCUT2D eigenvalue weighted by Crippen LogP contribution is -2.22. The summed E-state index contributed by atoms with van der Waals surface area (Å²) >= 11 is 0. The fraction of sp³-hybridized carbons (Fsp3) is 0.222. The highest BCUT2D eigenvalue weighted by Gasteiger charge is 2.07. The molecule has 0 heterocycles. The number of amides is 1. The zero-order chi connectivity index (χ0) is 11.4. The molecule has 0 aliphatic carbocycles. The van der Waals surface area contributed by atoms with Gasteiger partial charge in [0, 0.05) is 17.8 Å². The van der Waals surface area contributed by atoms with Crippen LogP contribution in [0.4, 0.5) is 11.4 Å². The van der Waals surface area contributed by atoms with Crippen molar-refractivity contribution in [3.05, 3.63) is 33.9 Å². The van der Waals surface area contributed by atoms with Crippen molar-refractivity contribution in [1.29, 1.82) is 0 Å². The molecule has 0 saturated heterocycles. The number of hydrogen-bond donors (Lipinski definition) is 2. The van der Waals surface area contributed by atoms with Crippen LogP contribution in [0.3, 0.4) is 0 Å². The predicted octanol–water partition coefficient (Wildman–Crippen LogP) is 0.800. The average molecular weight is 209 g/mol. The number of benzene rings is 1. The van der Waals surface area contributed by atoms with E-state index in [1.807, 2.05) is 0 Å². The van der Waals surface area contributed by atoms with Crippen LogP contribution in [0.25, 0.3) is 0 Å². The highest BCUT2D eigenvalue weighted by Crippen LogP contribution is 2.20. The summed E-state index contributed by atoms with van der Waals surface area (Å²) in [6, 6.07) is 4.36. The second kappa shape index (κ2) is 4.41. The molecule has 0 atom stereocenters. The highest BCUT2D eigenvalue weighted by molar-refractivity contribution is 5.79. The molecule has 1 amide bonds. The van der Waals surface area contributed by atoms with E-state index in [4.69, 9.17) is 5.73 Å². The molecule has 0 radical (unpaired) electrons. The Hall–Kier alpha value is -2.11. The van der Waals surface area contributed by atoms with Crippen LogP contribution in [0.2, 0.25) is 0 Å². The summed E-state index contributed by atoms with van der Waals surface area (Å²) in [6.45, 7) is 1.73. The summed E-state index contributed by atoms with van der Waals surface area (Å²) in [5.41, 5.74) is 6.35. The maximum atomic E-state index is 10.5. The first-order chi connectivity index (χ1) is 7.00. The van der Waals surface area contributed by atoms with Crippen molar-refractivity contribution in [2.24, 2.45) is 5.73 Å². The lowest BCUT2D eigenvalue weighted by molar-refractivity contribution is -0.384. The zero-order valence-electron chi connectivity index (χ0n) is 8.19. The number of nitro groups is 1. The molecule has 0 unspecified atom stereocenters. The van der Waals surface area contributed by atoms with E-state index in [0.29, 0.717) is 11.3 Å². The van der Waals surface area contributed by atoms with Crippen molar-refractivity contribution in [3.8, 4) is 0 Å². The number of rotatable bonds is 4. The van der Waals surface area contributed by atoms with Gasteiger partial charge in [0.2, 0.25) is 5.91 Å². The Bertz CT molecular complexity index is 404. The molecule has 0 aliphatic rings. The maximum absolute atomic E-state index is 10.5. The van der Waals surface area contributed by atoms with E-state index >= 15 is 0 Å². The third-order valence-electron chi connectivity index (χ3n) is 1.87. The number of carbonyl (C=O) groups excluding carboxylic acids is 1. The van der Waals surface area contributed by atoms with Crippen molar-refractivity contribution in [1.82, 2.24) is 0 Å². The number of nitro benzene ring substituents is 1. The number of aryl methyl sites for hydroxylation is 1. The Kier molecular flexibility index (Phi) is 3.22. The average Bonchev–Trinajstić information content (AvgIpc) is 2.15. The minimum atomic E-state index is -0.479. The largest absolute Gasteiger partial charge is 0.376 e. The summed E-state index contributed by atoms with van der Waals surface area (Å²) < 4.78 is 0. The number of nitrogens with zero attached hydrogens (tertiary/aromatic N) is 1. The smallest absolute Gasteiger partial charge is 0.269 e. The number of carbonyl (C=O) groups is 1. The fourth-order valence-corrected chi connectivity index (χ4v) is 1.14. The van der Waals surface area contributed by atoms with Crippen molar-refractivity contribution < 1.29 is 9.72 Å². The number of primary amides is 1. The standard InChI is InChI=1S/C9H11N3O3/c1-6-4-7(12(14)15)2-3-8(6)11-5-9(10)13/h2-4,11H,5H2,1H3,(H2,10,13). The summed E-state index contributed by atoms with van der Waals surface area (Å²) in [5.74, 6) is -0.479. The number of anilines is 1. The molecular formula is C9H11N3O3. The molecule has 0 saturated carbocycles. The van der Waals surface area contributed by atoms with E-state index in [1.165, 1.54) is 12.1 Å². The van der Waals surface area contributed by atoms with Gasteiger partial charge in [-0.1, -0.05) is 0 Å². The van der Waals surface area contributed by atoms with E-state index in [0.717, 1.165) is 0 Å². The maximum Gasteiger partial charge on any atom is 0.269 e. The summed E-state index contributed by atoms with van der Waals surface area (Å²) in [7, 11) is 0. The molecule has 6 heteroatoms. The molecule has 15 heavy (non-hydrogen) atoms. The topological polar surface area (TPSA) is 98.3 Å². The number of hydrogen-bond acceptors (Lipinski definition) is 4. The third kappa shape index (κ3) is 2.94. The molecular weight excluding hydrogens is 198 g/mol. The molecule has 6 nitrogen and oxygen atoms in total. The van der Waals surface area contributed by atoms with Crippen LogP contribution in [0, 0.1) is 17.0 Å². The van der Waals surface area contributed by atoms with Crippen LogP contribution in [0.1, 0.15) is 5.56 Å². The monoisotopic (exact) mass is 209 g/mol. The van der Waals surface area contributed by atoms with Crippen LogP contribution in [-0.4, -0.2) is 17.4 Å². The minimum Gasteiger partial charge on any atom is -0.376 e. The fourth-order valence-electron chi connectivity index (χ4n) is 1.14. The number of non-ortho nitro benzene ring substituents is 1. The Morgan fingerprint density at radius 2 is 2.27 bits per heavy atom. The lowest BCUT2D eigenvalue weighted by atomic mass is 10.2. The number of nitrogens with one attached hydrogen (secondary N) is 1. The van der Waals surface area contributed by atoms with Gasteiger partial charge in [0.15, 0.2) is 0 Å². The van der Waals surface area contributed by atoms with Gasteiger partial charge in [0.1, 0.15) is 0 Å². The molecule has 1 aromatic rings. The van der Waals surface area contributed by atoms with Gasteiger partial charge in [0.25, 0.3) is 5.69 Å². The van der Waals surface area contributed by atoms with Gasteiger partial charge >= 0.3 is 0 Å². The second-order valence-corrected chi connectivity index (χ2v) is 3.08. The summed E-state index contributed by atoms with van der Waals surface area (Å²) in [4.78, 5) is 20.5. The second-order valence-electron chi connectivity index (χ2n) is 3.08. The number of nitrogens with two attached hydrogens (primary N) is 1. The highest BCUT2D eigenvalue weighted by atomic mass is 16.6. The molecule has 0 aromatic heterocycles. The normalized spacial score (nSPS) is 9.67. The van der Waals surface area contributed by atoms with Gasteiger partial charge in [-0.15, -0.1) is 0 Å². The van der Waals surface area contributed by atoms with Gasteiger partial charge in [-0.25, -0.2) is 0 Å². The molecule has 0 spiro atoms. The van der Waals surface area contributed by atoms with Gasteiger partial charge in [0.05, 0.1) is 11.5 Å². The van der Waals surface area contributed by atoms with Gasteiger partial charge in [-0.05, 0) is 18.6 Å². The Labute approximate surface area is 86.2 Å². The van der Waals surface area contributed by atoms with Crippen molar-refractivity contribution in [2.75, 3.05) is 11.9 Å². The zero-order valence-corrected chi connectivity index (χ0v) is 8.19. The molecule has 0 aliphatic heterocycles. The van der Waals surface area contributed by atoms with Gasteiger partial charge in [-0.3, -0.25) is 14.9 Å². The van der Waals surface area contributed by atoms with Crippen LogP contribution >= 0.6 is 0 Å². The van der Waals surface area contributed by atoms with Crippen LogP contribution in [-0.2, 0) is 4.79 Å². The Morgan fingerprint density at radius 3 is 2.73 bits per heavy atom. The van der Waals surface area contributed by atoms with Gasteiger partial charge < -0.3 is 11.1 Å². The predicted molar refractivity (Wildman–Crippen MR) is 55.5 cm³/mol. The third-order valence-corrected chi connectivity index (χ3v) is 1.87. The van der Waals surface area contributed by atoms with E-state index in [2.05, 4.69) is 5.32 Å². The molecule has 3 N–H and O–H groups in total. The summed E-state index contributed by atoms with van der Waals surface area (Å²) in [6.07, 6.45) is 0. The van der Waals surface area contributed by atoms with Crippen molar-refractivity contribution in [2.45, 2.75) is 6.92 Å². The van der Waals surface area contributed by atoms with Crippen molar-refractivity contribution in [3.63, 3.8) is 0 Å². The molecule has 1 aromatic carbocycles. The van der Waals surface area contributed by atoms with Gasteiger partial charge in [-0.2, -0.15) is 0 Å². The molecule has 0 fully saturated rings. The Balaban J connectivity index is 2.83. The van der Waals surface area contributed by atoms with Crippen molar-refractivity contribution >= 4 is 17.3 Å². The Morgan fingerprint density at radius 1 is 1.60 bits per heavy atom. The van der Waals surface area contributed by atoms with E-state index < -0.39 is 10.8 Å². The minimum absolute atomic E-state index is 0.0126. The summed E-state index contributed by atoms with van der Waals surface area (Å²) in [5, 5.41) is 13.2. The first-order valence-corrected chi connectivity index (χ1v) is 4.28. The van der Waals surface area contributed by atoms with E-state index in [9.17, 15) is 14.9 Å².